The lowest BCUT2D eigenvalue weighted by Crippen LogP contribution is -2.17. The number of rotatable bonds is 4. The standard InChI is InChI=1S/C11H13Cl2NO2.ClH/c1-2-16-11(15)6-10(14)7-3-4-8(12)9(13)5-7;/h3-5,10H,2,6,14H2,1H3;1H/t10-;/m0./s1. The summed E-state index contributed by atoms with van der Waals surface area (Å²) in [6, 6.07) is 4.64. The molecule has 1 aromatic rings. The average molecular weight is 299 g/mol. The summed E-state index contributed by atoms with van der Waals surface area (Å²) in [5, 5.41) is 0.896. The monoisotopic (exact) mass is 297 g/mol. The Labute approximate surface area is 117 Å². The first-order chi connectivity index (χ1) is 7.54. The van der Waals surface area contributed by atoms with Gasteiger partial charge in [-0.2, -0.15) is 0 Å². The summed E-state index contributed by atoms with van der Waals surface area (Å²) in [4.78, 5) is 11.2. The molecule has 17 heavy (non-hydrogen) atoms. The minimum absolute atomic E-state index is 0. The van der Waals surface area contributed by atoms with E-state index in [-0.39, 0.29) is 24.8 Å². The summed E-state index contributed by atoms with van der Waals surface area (Å²) in [6.45, 7) is 2.11. The lowest BCUT2D eigenvalue weighted by molar-refractivity contribution is -0.143. The summed E-state index contributed by atoms with van der Waals surface area (Å²) in [7, 11) is 0. The Bertz CT molecular complexity index is 385. The molecule has 0 aliphatic carbocycles. The molecule has 2 N–H and O–H groups in total. The smallest absolute Gasteiger partial charge is 0.307 e. The van der Waals surface area contributed by atoms with Crippen LogP contribution in [0.5, 0.6) is 0 Å². The van der Waals surface area contributed by atoms with Crippen LogP contribution in [0.2, 0.25) is 10.0 Å². The lowest BCUT2D eigenvalue weighted by atomic mass is 10.1. The molecule has 0 fully saturated rings. The van der Waals surface area contributed by atoms with Crippen LogP contribution < -0.4 is 5.73 Å². The fourth-order valence-corrected chi connectivity index (χ4v) is 1.57. The second-order valence-corrected chi connectivity index (χ2v) is 4.10. The van der Waals surface area contributed by atoms with Crippen molar-refractivity contribution >= 4 is 41.6 Å². The Morgan fingerprint density at radius 1 is 1.41 bits per heavy atom. The van der Waals surface area contributed by atoms with Crippen molar-refractivity contribution in [2.75, 3.05) is 6.61 Å². The Balaban J connectivity index is 0.00000256. The number of nitrogens with two attached hydrogens (primary N) is 1. The maximum absolute atomic E-state index is 11.2. The van der Waals surface area contributed by atoms with Crippen LogP contribution >= 0.6 is 35.6 Å². The average Bonchev–Trinajstić information content (AvgIpc) is 2.22. The minimum Gasteiger partial charge on any atom is -0.466 e. The molecular formula is C11H14Cl3NO2. The Kier molecular flexibility index (Phi) is 7.55. The first-order valence-corrected chi connectivity index (χ1v) is 5.66. The number of esters is 1. The first kappa shape index (κ1) is 16.5. The highest BCUT2D eigenvalue weighted by atomic mass is 35.5. The van der Waals surface area contributed by atoms with E-state index >= 15 is 0 Å². The van der Waals surface area contributed by atoms with Crippen LogP contribution in [0.15, 0.2) is 18.2 Å². The van der Waals surface area contributed by atoms with E-state index in [1.807, 2.05) is 0 Å². The summed E-state index contributed by atoms with van der Waals surface area (Å²) >= 11 is 11.6. The van der Waals surface area contributed by atoms with Gasteiger partial charge in [-0.1, -0.05) is 29.3 Å². The van der Waals surface area contributed by atoms with Gasteiger partial charge in [-0.05, 0) is 24.6 Å². The maximum atomic E-state index is 11.2. The molecule has 0 unspecified atom stereocenters. The molecule has 0 aliphatic heterocycles. The number of halogens is 3. The second-order valence-electron chi connectivity index (χ2n) is 3.29. The number of carbonyl (C=O) groups is 1. The van der Waals surface area contributed by atoms with E-state index in [0.29, 0.717) is 16.7 Å². The zero-order chi connectivity index (χ0) is 12.1. The number of ether oxygens (including phenoxy) is 1. The van der Waals surface area contributed by atoms with Gasteiger partial charge in [-0.15, -0.1) is 12.4 Å². The molecule has 0 saturated carbocycles. The highest BCUT2D eigenvalue weighted by Crippen LogP contribution is 2.26. The largest absolute Gasteiger partial charge is 0.466 e. The molecular weight excluding hydrogens is 284 g/mol. The summed E-state index contributed by atoms with van der Waals surface area (Å²) in [5.74, 6) is -0.318. The topological polar surface area (TPSA) is 52.3 Å². The van der Waals surface area contributed by atoms with Crippen molar-refractivity contribution in [3.63, 3.8) is 0 Å². The van der Waals surface area contributed by atoms with Gasteiger partial charge in [-0.3, -0.25) is 4.79 Å². The molecule has 96 valence electrons. The van der Waals surface area contributed by atoms with Gasteiger partial charge in [0.05, 0.1) is 23.1 Å². The predicted octanol–water partition coefficient (Wildman–Crippen LogP) is 3.37. The molecule has 0 bridgehead atoms. The van der Waals surface area contributed by atoms with Crippen molar-refractivity contribution in [3.05, 3.63) is 33.8 Å². The van der Waals surface area contributed by atoms with Crippen molar-refractivity contribution in [1.29, 1.82) is 0 Å². The van der Waals surface area contributed by atoms with Crippen molar-refractivity contribution in [3.8, 4) is 0 Å². The highest BCUT2D eigenvalue weighted by Gasteiger charge is 2.13. The fourth-order valence-electron chi connectivity index (χ4n) is 1.26. The maximum Gasteiger partial charge on any atom is 0.307 e. The lowest BCUT2D eigenvalue weighted by Gasteiger charge is -2.11. The van der Waals surface area contributed by atoms with Gasteiger partial charge in [0.15, 0.2) is 0 Å². The molecule has 0 aromatic heterocycles. The van der Waals surface area contributed by atoms with Crippen LogP contribution in [0.25, 0.3) is 0 Å². The van der Waals surface area contributed by atoms with Gasteiger partial charge in [0.25, 0.3) is 0 Å². The van der Waals surface area contributed by atoms with Crippen LogP contribution in [-0.4, -0.2) is 12.6 Å². The zero-order valence-corrected chi connectivity index (χ0v) is 11.6. The van der Waals surface area contributed by atoms with Crippen LogP contribution in [0.1, 0.15) is 24.9 Å². The van der Waals surface area contributed by atoms with Gasteiger partial charge in [-0.25, -0.2) is 0 Å². The van der Waals surface area contributed by atoms with Crippen molar-refractivity contribution in [2.24, 2.45) is 5.73 Å². The highest BCUT2D eigenvalue weighted by molar-refractivity contribution is 6.42. The third kappa shape index (κ3) is 5.13. The van der Waals surface area contributed by atoms with Crippen molar-refractivity contribution in [1.82, 2.24) is 0 Å². The summed E-state index contributed by atoms with van der Waals surface area (Å²) < 4.78 is 4.81. The Hall–Kier alpha value is -0.480. The van der Waals surface area contributed by atoms with Crippen LogP contribution in [0.3, 0.4) is 0 Å². The predicted molar refractivity (Wildman–Crippen MR) is 71.9 cm³/mol. The minimum atomic E-state index is -0.422. The van der Waals surface area contributed by atoms with Crippen molar-refractivity contribution in [2.45, 2.75) is 19.4 Å². The molecule has 1 rings (SSSR count). The number of carbonyl (C=O) groups excluding carboxylic acids is 1. The SMILES string of the molecule is CCOC(=O)C[C@H](N)c1ccc(Cl)c(Cl)c1.Cl. The zero-order valence-electron chi connectivity index (χ0n) is 9.28. The summed E-state index contributed by atoms with van der Waals surface area (Å²) in [5.41, 5.74) is 6.61. The molecule has 3 nitrogen and oxygen atoms in total. The van der Waals surface area contributed by atoms with Gasteiger partial charge >= 0.3 is 5.97 Å². The van der Waals surface area contributed by atoms with E-state index in [1.54, 1.807) is 25.1 Å². The van der Waals surface area contributed by atoms with E-state index < -0.39 is 6.04 Å². The van der Waals surface area contributed by atoms with Crippen LogP contribution in [0, 0.1) is 0 Å². The molecule has 0 heterocycles. The molecule has 0 radical (unpaired) electrons. The van der Waals surface area contributed by atoms with Crippen molar-refractivity contribution < 1.29 is 9.53 Å². The molecule has 0 aliphatic rings. The van der Waals surface area contributed by atoms with Gasteiger partial charge < -0.3 is 10.5 Å². The third-order valence-electron chi connectivity index (χ3n) is 2.06. The third-order valence-corrected chi connectivity index (χ3v) is 2.80. The van der Waals surface area contributed by atoms with Gasteiger partial charge in [0, 0.05) is 6.04 Å². The molecule has 0 saturated heterocycles. The van der Waals surface area contributed by atoms with E-state index in [4.69, 9.17) is 33.7 Å². The first-order valence-electron chi connectivity index (χ1n) is 4.90. The molecule has 6 heteroatoms. The number of hydrogen-bond donors (Lipinski definition) is 1. The Morgan fingerprint density at radius 2 is 2.06 bits per heavy atom. The van der Waals surface area contributed by atoms with E-state index in [1.165, 1.54) is 0 Å². The van der Waals surface area contributed by atoms with E-state index in [2.05, 4.69) is 0 Å². The van der Waals surface area contributed by atoms with Gasteiger partial charge in [0.1, 0.15) is 0 Å². The molecule has 0 spiro atoms. The molecule has 0 amide bonds. The number of benzene rings is 1. The van der Waals surface area contributed by atoms with Crippen LogP contribution in [-0.2, 0) is 9.53 Å². The molecule has 1 aromatic carbocycles. The fraction of sp³-hybridized carbons (Fsp3) is 0.364. The number of hydrogen-bond acceptors (Lipinski definition) is 3. The second kappa shape index (κ2) is 7.77. The summed E-state index contributed by atoms with van der Waals surface area (Å²) in [6.07, 6.45) is 0.131. The van der Waals surface area contributed by atoms with E-state index in [0.717, 1.165) is 5.56 Å². The van der Waals surface area contributed by atoms with Crippen LogP contribution in [0.4, 0.5) is 0 Å². The Morgan fingerprint density at radius 3 is 2.59 bits per heavy atom. The normalized spacial score (nSPS) is 11.5. The molecule has 1 atom stereocenters. The van der Waals surface area contributed by atoms with Gasteiger partial charge in [0.2, 0.25) is 0 Å². The van der Waals surface area contributed by atoms with E-state index in [9.17, 15) is 4.79 Å². The quantitative estimate of drug-likeness (QED) is 0.867.